The van der Waals surface area contributed by atoms with Crippen LogP contribution < -0.4 is 0 Å². The molecule has 0 bridgehead atoms. The summed E-state index contributed by atoms with van der Waals surface area (Å²) >= 11 is 0. The lowest BCUT2D eigenvalue weighted by Crippen LogP contribution is -2.56. The number of ether oxygens (including phenoxy) is 1. The standard InChI is InChI=1S/C19H34N4O4/c1-2-26-19(25)21-13-11-20(12-14-21)17-6-5-8-22(16-17)18(24)7-10-23-9-3-4-15-27-23/h17H,2-16H2,1H3. The molecule has 0 spiro atoms. The average molecular weight is 383 g/mol. The highest BCUT2D eigenvalue weighted by Crippen LogP contribution is 2.19. The number of likely N-dealkylation sites (tertiary alicyclic amines) is 1. The summed E-state index contributed by atoms with van der Waals surface area (Å²) in [5, 5.41) is 1.94. The first-order valence-electron chi connectivity index (χ1n) is 10.5. The summed E-state index contributed by atoms with van der Waals surface area (Å²) in [4.78, 5) is 36.3. The first-order valence-corrected chi connectivity index (χ1v) is 10.5. The SMILES string of the molecule is CCOC(=O)N1CCN(C2CCCN(C(=O)CCN3CCCCO3)C2)CC1. The summed E-state index contributed by atoms with van der Waals surface area (Å²) < 4.78 is 5.09. The lowest BCUT2D eigenvalue weighted by Gasteiger charge is -2.43. The number of amides is 2. The molecule has 0 saturated carbocycles. The molecule has 0 aromatic carbocycles. The molecule has 3 heterocycles. The molecule has 8 heteroatoms. The van der Waals surface area contributed by atoms with Gasteiger partial charge in [-0.05, 0) is 32.6 Å². The Morgan fingerprint density at radius 3 is 2.52 bits per heavy atom. The second kappa shape index (κ2) is 10.2. The number of carbonyl (C=O) groups is 2. The van der Waals surface area contributed by atoms with E-state index in [1.165, 1.54) is 0 Å². The van der Waals surface area contributed by atoms with Gasteiger partial charge in [-0.25, -0.2) is 4.79 Å². The Hall–Kier alpha value is -1.38. The van der Waals surface area contributed by atoms with Crippen molar-refractivity contribution in [1.29, 1.82) is 0 Å². The van der Waals surface area contributed by atoms with Crippen LogP contribution in [0.4, 0.5) is 4.79 Å². The molecule has 3 rings (SSSR count). The normalized spacial score (nSPS) is 25.4. The average Bonchev–Trinajstić information content (AvgIpc) is 2.73. The largest absolute Gasteiger partial charge is 0.450 e. The third kappa shape index (κ3) is 5.80. The van der Waals surface area contributed by atoms with Gasteiger partial charge in [0, 0.05) is 64.8 Å². The zero-order valence-electron chi connectivity index (χ0n) is 16.6. The fraction of sp³-hybridized carbons (Fsp3) is 0.895. The van der Waals surface area contributed by atoms with Crippen LogP contribution in [0.15, 0.2) is 0 Å². The first-order chi connectivity index (χ1) is 13.2. The Morgan fingerprint density at radius 1 is 1.00 bits per heavy atom. The minimum Gasteiger partial charge on any atom is -0.450 e. The fourth-order valence-corrected chi connectivity index (χ4v) is 4.17. The molecule has 0 radical (unpaired) electrons. The molecule has 0 aliphatic carbocycles. The summed E-state index contributed by atoms with van der Waals surface area (Å²) in [6, 6.07) is 0.401. The highest BCUT2D eigenvalue weighted by atomic mass is 16.7. The highest BCUT2D eigenvalue weighted by Gasteiger charge is 2.31. The zero-order valence-corrected chi connectivity index (χ0v) is 16.6. The van der Waals surface area contributed by atoms with Gasteiger partial charge in [0.15, 0.2) is 0 Å². The molecule has 0 aromatic heterocycles. The second-order valence-corrected chi connectivity index (χ2v) is 7.58. The van der Waals surface area contributed by atoms with Crippen molar-refractivity contribution in [2.24, 2.45) is 0 Å². The van der Waals surface area contributed by atoms with Gasteiger partial charge in [-0.3, -0.25) is 14.5 Å². The zero-order chi connectivity index (χ0) is 19.1. The molecule has 3 aliphatic rings. The number of piperidine rings is 1. The van der Waals surface area contributed by atoms with Gasteiger partial charge in [0.05, 0.1) is 13.2 Å². The van der Waals surface area contributed by atoms with Gasteiger partial charge in [-0.1, -0.05) is 0 Å². The molecule has 0 aromatic rings. The van der Waals surface area contributed by atoms with Crippen molar-refractivity contribution >= 4 is 12.0 Å². The number of hydrogen-bond acceptors (Lipinski definition) is 6. The van der Waals surface area contributed by atoms with Gasteiger partial charge in [0.25, 0.3) is 0 Å². The Labute approximate surface area is 162 Å². The van der Waals surface area contributed by atoms with E-state index < -0.39 is 0 Å². The maximum absolute atomic E-state index is 12.6. The second-order valence-electron chi connectivity index (χ2n) is 7.58. The highest BCUT2D eigenvalue weighted by molar-refractivity contribution is 5.76. The predicted molar refractivity (Wildman–Crippen MR) is 101 cm³/mol. The van der Waals surface area contributed by atoms with Gasteiger partial charge in [0.2, 0.25) is 5.91 Å². The molecular formula is C19H34N4O4. The molecule has 3 saturated heterocycles. The molecule has 0 N–H and O–H groups in total. The lowest BCUT2D eigenvalue weighted by atomic mass is 10.0. The van der Waals surface area contributed by atoms with Crippen molar-refractivity contribution in [2.45, 2.75) is 45.1 Å². The molecule has 27 heavy (non-hydrogen) atoms. The van der Waals surface area contributed by atoms with E-state index in [2.05, 4.69) is 4.90 Å². The minimum atomic E-state index is -0.211. The summed E-state index contributed by atoms with van der Waals surface area (Å²) in [6.07, 6.45) is 4.76. The molecule has 1 unspecified atom stereocenters. The van der Waals surface area contributed by atoms with Crippen LogP contribution in [0.2, 0.25) is 0 Å². The van der Waals surface area contributed by atoms with Crippen molar-refractivity contribution < 1.29 is 19.2 Å². The smallest absolute Gasteiger partial charge is 0.409 e. The Morgan fingerprint density at radius 2 is 1.81 bits per heavy atom. The van der Waals surface area contributed by atoms with Crippen LogP contribution in [0.5, 0.6) is 0 Å². The van der Waals surface area contributed by atoms with Gasteiger partial charge < -0.3 is 14.5 Å². The molecule has 8 nitrogen and oxygen atoms in total. The number of carbonyl (C=O) groups excluding carboxylic acids is 2. The molecular weight excluding hydrogens is 348 g/mol. The topological polar surface area (TPSA) is 65.6 Å². The summed E-state index contributed by atoms with van der Waals surface area (Å²) in [7, 11) is 0. The van der Waals surface area contributed by atoms with E-state index in [1.54, 1.807) is 4.90 Å². The maximum atomic E-state index is 12.6. The third-order valence-corrected chi connectivity index (χ3v) is 5.76. The molecule has 3 aliphatic heterocycles. The van der Waals surface area contributed by atoms with Crippen molar-refractivity contribution in [3.8, 4) is 0 Å². The number of hydroxylamine groups is 2. The van der Waals surface area contributed by atoms with E-state index in [0.717, 1.165) is 65.0 Å². The van der Waals surface area contributed by atoms with Crippen molar-refractivity contribution in [3.05, 3.63) is 0 Å². The Bertz CT molecular complexity index is 490. The molecule has 1 atom stereocenters. The van der Waals surface area contributed by atoms with Gasteiger partial charge in [-0.2, -0.15) is 5.06 Å². The Balaban J connectivity index is 1.41. The van der Waals surface area contributed by atoms with Crippen molar-refractivity contribution in [1.82, 2.24) is 19.8 Å². The monoisotopic (exact) mass is 382 g/mol. The molecule has 3 fully saturated rings. The van der Waals surface area contributed by atoms with E-state index in [0.29, 0.717) is 38.7 Å². The number of hydrogen-bond donors (Lipinski definition) is 0. The van der Waals surface area contributed by atoms with Crippen molar-refractivity contribution in [2.75, 3.05) is 65.6 Å². The minimum absolute atomic E-state index is 0.211. The van der Waals surface area contributed by atoms with E-state index in [1.807, 2.05) is 16.9 Å². The summed E-state index contributed by atoms with van der Waals surface area (Å²) in [6.45, 7) is 9.43. The fourth-order valence-electron chi connectivity index (χ4n) is 4.17. The van der Waals surface area contributed by atoms with E-state index >= 15 is 0 Å². The van der Waals surface area contributed by atoms with Crippen LogP contribution in [-0.4, -0.2) is 103 Å². The van der Waals surface area contributed by atoms with Gasteiger partial charge >= 0.3 is 6.09 Å². The Kier molecular flexibility index (Phi) is 7.72. The summed E-state index contributed by atoms with van der Waals surface area (Å²) in [5.41, 5.74) is 0. The van der Waals surface area contributed by atoms with E-state index in [-0.39, 0.29) is 12.0 Å². The predicted octanol–water partition coefficient (Wildman–Crippen LogP) is 1.17. The van der Waals surface area contributed by atoms with Crippen LogP contribution in [0.3, 0.4) is 0 Å². The first kappa shape index (κ1) is 20.4. The third-order valence-electron chi connectivity index (χ3n) is 5.76. The van der Waals surface area contributed by atoms with Crippen LogP contribution >= 0.6 is 0 Å². The maximum Gasteiger partial charge on any atom is 0.409 e. The number of piperazine rings is 1. The lowest BCUT2D eigenvalue weighted by molar-refractivity contribution is -0.182. The van der Waals surface area contributed by atoms with E-state index in [4.69, 9.17) is 9.57 Å². The summed E-state index contributed by atoms with van der Waals surface area (Å²) in [5.74, 6) is 0.235. The number of rotatable bonds is 5. The van der Waals surface area contributed by atoms with Crippen LogP contribution in [0.1, 0.15) is 39.0 Å². The molecule has 154 valence electrons. The van der Waals surface area contributed by atoms with Crippen LogP contribution in [-0.2, 0) is 14.4 Å². The molecule has 2 amide bonds. The van der Waals surface area contributed by atoms with Gasteiger partial charge in [0.1, 0.15) is 0 Å². The van der Waals surface area contributed by atoms with Crippen LogP contribution in [0, 0.1) is 0 Å². The van der Waals surface area contributed by atoms with Crippen molar-refractivity contribution in [3.63, 3.8) is 0 Å². The quantitative estimate of drug-likeness (QED) is 0.711. The van der Waals surface area contributed by atoms with E-state index in [9.17, 15) is 9.59 Å². The van der Waals surface area contributed by atoms with Crippen LogP contribution in [0.25, 0.3) is 0 Å². The number of nitrogens with zero attached hydrogens (tertiary/aromatic N) is 4. The van der Waals surface area contributed by atoms with Gasteiger partial charge in [-0.15, -0.1) is 0 Å².